The van der Waals surface area contributed by atoms with E-state index in [1.807, 2.05) is 6.07 Å². The third kappa shape index (κ3) is 4.16. The van der Waals surface area contributed by atoms with Crippen molar-refractivity contribution < 1.29 is 9.18 Å². The molecule has 0 unspecified atom stereocenters. The van der Waals surface area contributed by atoms with Crippen LogP contribution in [0.3, 0.4) is 0 Å². The Morgan fingerprint density at radius 3 is 2.85 bits per heavy atom. The standard InChI is InChI=1S/C19H17BrFN3O2/c1-12-8-13(2-4-16(12)21)10-22-18(25)6-7-24-11-23-17-5-3-14(20)9-15(17)19(24)26/h2-5,8-9,11H,6-7,10H2,1H3,(H,22,25). The summed E-state index contributed by atoms with van der Waals surface area (Å²) >= 11 is 3.34. The van der Waals surface area contributed by atoms with Crippen molar-refractivity contribution in [2.45, 2.75) is 26.4 Å². The molecule has 0 fully saturated rings. The molecule has 1 amide bonds. The van der Waals surface area contributed by atoms with Crippen molar-refractivity contribution in [2.75, 3.05) is 0 Å². The molecule has 0 saturated heterocycles. The van der Waals surface area contributed by atoms with E-state index in [1.165, 1.54) is 17.0 Å². The van der Waals surface area contributed by atoms with Crippen LogP contribution in [0.15, 0.2) is 52.0 Å². The summed E-state index contributed by atoms with van der Waals surface area (Å²) in [6, 6.07) is 10.0. The van der Waals surface area contributed by atoms with Crippen LogP contribution in [0, 0.1) is 12.7 Å². The molecule has 3 aromatic rings. The van der Waals surface area contributed by atoms with E-state index in [4.69, 9.17) is 0 Å². The van der Waals surface area contributed by atoms with Gasteiger partial charge >= 0.3 is 0 Å². The highest BCUT2D eigenvalue weighted by atomic mass is 79.9. The molecule has 0 aliphatic rings. The van der Waals surface area contributed by atoms with Crippen molar-refractivity contribution in [2.24, 2.45) is 0 Å². The number of halogens is 2. The third-order valence-corrected chi connectivity index (χ3v) is 4.57. The first-order valence-corrected chi connectivity index (χ1v) is 8.90. The minimum absolute atomic E-state index is 0.154. The molecule has 0 aliphatic carbocycles. The molecule has 7 heteroatoms. The smallest absolute Gasteiger partial charge is 0.261 e. The summed E-state index contributed by atoms with van der Waals surface area (Å²) in [4.78, 5) is 28.8. The van der Waals surface area contributed by atoms with Gasteiger partial charge in [-0.15, -0.1) is 0 Å². The zero-order valence-electron chi connectivity index (χ0n) is 14.1. The summed E-state index contributed by atoms with van der Waals surface area (Å²) < 4.78 is 15.5. The van der Waals surface area contributed by atoms with Gasteiger partial charge in [-0.05, 0) is 42.3 Å². The molecular formula is C19H17BrFN3O2. The molecule has 134 valence electrons. The van der Waals surface area contributed by atoms with Gasteiger partial charge in [0.1, 0.15) is 5.82 Å². The maximum Gasteiger partial charge on any atom is 0.261 e. The molecular weight excluding hydrogens is 401 g/mol. The van der Waals surface area contributed by atoms with Gasteiger partial charge in [-0.3, -0.25) is 14.2 Å². The average molecular weight is 418 g/mol. The molecule has 0 saturated carbocycles. The molecule has 0 atom stereocenters. The zero-order valence-corrected chi connectivity index (χ0v) is 15.7. The lowest BCUT2D eigenvalue weighted by molar-refractivity contribution is -0.121. The summed E-state index contributed by atoms with van der Waals surface area (Å²) in [6.45, 7) is 2.23. The monoisotopic (exact) mass is 417 g/mol. The van der Waals surface area contributed by atoms with Crippen LogP contribution >= 0.6 is 15.9 Å². The maximum absolute atomic E-state index is 13.3. The van der Waals surface area contributed by atoms with Gasteiger partial charge in [0.2, 0.25) is 5.91 Å². The topological polar surface area (TPSA) is 64.0 Å². The molecule has 0 radical (unpaired) electrons. The zero-order chi connectivity index (χ0) is 18.7. The number of carbonyl (C=O) groups excluding carboxylic acids is 1. The first-order chi connectivity index (χ1) is 12.4. The van der Waals surface area contributed by atoms with Crippen LogP contribution < -0.4 is 10.9 Å². The fourth-order valence-electron chi connectivity index (χ4n) is 2.62. The van der Waals surface area contributed by atoms with Crippen LogP contribution in [0.5, 0.6) is 0 Å². The Morgan fingerprint density at radius 2 is 2.08 bits per heavy atom. The quantitative estimate of drug-likeness (QED) is 0.692. The van der Waals surface area contributed by atoms with E-state index in [1.54, 1.807) is 31.2 Å². The van der Waals surface area contributed by atoms with Gasteiger partial charge in [0.25, 0.3) is 5.56 Å². The highest BCUT2D eigenvalue weighted by molar-refractivity contribution is 9.10. The van der Waals surface area contributed by atoms with E-state index in [-0.39, 0.29) is 30.2 Å². The van der Waals surface area contributed by atoms with Crippen molar-refractivity contribution in [1.82, 2.24) is 14.9 Å². The molecule has 1 heterocycles. The average Bonchev–Trinajstić information content (AvgIpc) is 2.62. The van der Waals surface area contributed by atoms with Crippen molar-refractivity contribution in [3.05, 3.63) is 74.5 Å². The number of aromatic nitrogens is 2. The van der Waals surface area contributed by atoms with Crippen LogP contribution in [0.25, 0.3) is 10.9 Å². The fraction of sp³-hybridized carbons (Fsp3) is 0.211. The Balaban J connectivity index is 1.62. The minimum atomic E-state index is -0.269. The third-order valence-electron chi connectivity index (χ3n) is 4.08. The SMILES string of the molecule is Cc1cc(CNC(=O)CCn2cnc3ccc(Br)cc3c2=O)ccc1F. The summed E-state index contributed by atoms with van der Waals surface area (Å²) in [7, 11) is 0. The van der Waals surface area contributed by atoms with E-state index in [0.717, 1.165) is 10.0 Å². The Labute approximate surface area is 158 Å². The lowest BCUT2D eigenvalue weighted by atomic mass is 10.1. The Morgan fingerprint density at radius 1 is 1.27 bits per heavy atom. The van der Waals surface area contributed by atoms with Crippen molar-refractivity contribution in [3.8, 4) is 0 Å². The van der Waals surface area contributed by atoms with Crippen LogP contribution in [0.1, 0.15) is 17.5 Å². The van der Waals surface area contributed by atoms with Crippen LogP contribution in [-0.2, 0) is 17.9 Å². The van der Waals surface area contributed by atoms with Gasteiger partial charge in [-0.2, -0.15) is 0 Å². The van der Waals surface area contributed by atoms with Crippen LogP contribution in [0.4, 0.5) is 4.39 Å². The number of rotatable bonds is 5. The Bertz CT molecular complexity index is 1030. The van der Waals surface area contributed by atoms with E-state index in [2.05, 4.69) is 26.2 Å². The molecule has 1 aromatic heterocycles. The number of amides is 1. The number of fused-ring (bicyclic) bond motifs is 1. The number of carbonyl (C=O) groups is 1. The Hall–Kier alpha value is -2.54. The number of nitrogens with zero attached hydrogens (tertiary/aromatic N) is 2. The first kappa shape index (κ1) is 18.3. The molecule has 26 heavy (non-hydrogen) atoms. The van der Waals surface area contributed by atoms with Crippen molar-refractivity contribution in [1.29, 1.82) is 0 Å². The highest BCUT2D eigenvalue weighted by Gasteiger charge is 2.08. The van der Waals surface area contributed by atoms with E-state index < -0.39 is 0 Å². The summed E-state index contributed by atoms with van der Waals surface area (Å²) in [5.74, 6) is -0.455. The summed E-state index contributed by atoms with van der Waals surface area (Å²) in [6.07, 6.45) is 1.61. The van der Waals surface area contributed by atoms with Gasteiger partial charge in [-0.1, -0.05) is 28.1 Å². The van der Waals surface area contributed by atoms with Crippen LogP contribution in [-0.4, -0.2) is 15.5 Å². The largest absolute Gasteiger partial charge is 0.352 e. The second kappa shape index (κ2) is 7.78. The molecule has 0 spiro atoms. The molecule has 0 bridgehead atoms. The summed E-state index contributed by atoms with van der Waals surface area (Å²) in [5, 5.41) is 3.28. The second-order valence-corrected chi connectivity index (χ2v) is 6.93. The molecule has 2 aromatic carbocycles. The highest BCUT2D eigenvalue weighted by Crippen LogP contribution is 2.15. The van der Waals surface area contributed by atoms with Gasteiger partial charge in [0.15, 0.2) is 0 Å². The predicted molar refractivity (Wildman–Crippen MR) is 101 cm³/mol. The molecule has 3 rings (SSSR count). The van der Waals surface area contributed by atoms with E-state index >= 15 is 0 Å². The van der Waals surface area contributed by atoms with Gasteiger partial charge < -0.3 is 5.32 Å². The van der Waals surface area contributed by atoms with Gasteiger partial charge in [0.05, 0.1) is 17.2 Å². The second-order valence-electron chi connectivity index (χ2n) is 6.01. The summed E-state index contributed by atoms with van der Waals surface area (Å²) in [5.41, 5.74) is 1.80. The van der Waals surface area contributed by atoms with Gasteiger partial charge in [-0.25, -0.2) is 9.37 Å². The normalized spacial score (nSPS) is 10.9. The molecule has 0 aliphatic heterocycles. The maximum atomic E-state index is 13.3. The lowest BCUT2D eigenvalue weighted by Crippen LogP contribution is -2.27. The number of hydrogen-bond acceptors (Lipinski definition) is 3. The minimum Gasteiger partial charge on any atom is -0.352 e. The number of aryl methyl sites for hydroxylation is 2. The van der Waals surface area contributed by atoms with E-state index in [9.17, 15) is 14.0 Å². The Kier molecular flexibility index (Phi) is 5.46. The number of nitrogens with one attached hydrogen (secondary N) is 1. The molecule has 1 N–H and O–H groups in total. The van der Waals surface area contributed by atoms with Crippen molar-refractivity contribution in [3.63, 3.8) is 0 Å². The van der Waals surface area contributed by atoms with Crippen molar-refractivity contribution >= 4 is 32.7 Å². The van der Waals surface area contributed by atoms with Gasteiger partial charge in [0, 0.05) is 24.0 Å². The fourth-order valence-corrected chi connectivity index (χ4v) is 2.98. The molecule has 5 nitrogen and oxygen atoms in total. The first-order valence-electron chi connectivity index (χ1n) is 8.10. The number of hydrogen-bond donors (Lipinski definition) is 1. The lowest BCUT2D eigenvalue weighted by Gasteiger charge is -2.09. The van der Waals surface area contributed by atoms with Crippen LogP contribution in [0.2, 0.25) is 0 Å². The number of benzene rings is 2. The predicted octanol–water partition coefficient (Wildman–Crippen LogP) is 3.31. The van der Waals surface area contributed by atoms with E-state index in [0.29, 0.717) is 23.0 Å².